The number of ether oxygens (including phenoxy) is 1. The van der Waals surface area contributed by atoms with Gasteiger partial charge < -0.3 is 10.1 Å². The summed E-state index contributed by atoms with van der Waals surface area (Å²) in [6.45, 7) is 3.73. The Morgan fingerprint density at radius 3 is 2.38 bits per heavy atom. The summed E-state index contributed by atoms with van der Waals surface area (Å²) in [4.78, 5) is 22.5. The zero-order valence-electron chi connectivity index (χ0n) is 19.0. The van der Waals surface area contributed by atoms with Crippen molar-refractivity contribution in [3.05, 3.63) is 94.4 Å². The minimum atomic E-state index is -0.157. The highest BCUT2D eigenvalue weighted by Gasteiger charge is 2.17. The highest BCUT2D eigenvalue weighted by Crippen LogP contribution is 2.25. The van der Waals surface area contributed by atoms with Crippen LogP contribution in [0.25, 0.3) is 15.3 Å². The molecular weight excluding hydrogens is 446 g/mol. The molecule has 0 aliphatic rings. The molecule has 0 amide bonds. The Hall–Kier alpha value is -4.17. The molecule has 170 valence electrons. The van der Waals surface area contributed by atoms with E-state index >= 15 is 0 Å². The number of benzene rings is 3. The van der Waals surface area contributed by atoms with Gasteiger partial charge >= 0.3 is 0 Å². The SMILES string of the molecule is COc1ccc(Nc2ccc(N=C(C)c3c(C)[nH]n(-c4nc5ccccc5s4)c3=O)cc2)cc1. The highest BCUT2D eigenvalue weighted by molar-refractivity contribution is 7.20. The van der Waals surface area contributed by atoms with Crippen LogP contribution in [0.15, 0.2) is 82.6 Å². The van der Waals surface area contributed by atoms with Gasteiger partial charge in [0.25, 0.3) is 5.56 Å². The minimum absolute atomic E-state index is 0.157. The molecule has 3 aromatic carbocycles. The molecule has 0 spiro atoms. The number of fused-ring (bicyclic) bond motifs is 1. The number of para-hydroxylation sites is 1. The molecule has 34 heavy (non-hydrogen) atoms. The molecule has 7 nitrogen and oxygen atoms in total. The van der Waals surface area contributed by atoms with Crippen LogP contribution >= 0.6 is 11.3 Å². The van der Waals surface area contributed by atoms with Crippen LogP contribution in [0.3, 0.4) is 0 Å². The topological polar surface area (TPSA) is 84.3 Å². The highest BCUT2D eigenvalue weighted by atomic mass is 32.1. The molecule has 0 bridgehead atoms. The number of rotatable bonds is 6. The number of H-pyrrole nitrogens is 1. The Balaban J connectivity index is 1.38. The Morgan fingerprint density at radius 2 is 1.71 bits per heavy atom. The first-order valence-electron chi connectivity index (χ1n) is 10.8. The maximum absolute atomic E-state index is 13.2. The van der Waals surface area contributed by atoms with Crippen molar-refractivity contribution in [2.24, 2.45) is 4.99 Å². The van der Waals surface area contributed by atoms with Crippen molar-refractivity contribution in [2.75, 3.05) is 12.4 Å². The maximum atomic E-state index is 13.2. The maximum Gasteiger partial charge on any atom is 0.282 e. The van der Waals surface area contributed by atoms with Gasteiger partial charge in [0.15, 0.2) is 0 Å². The Kier molecular flexibility index (Phi) is 5.73. The first-order chi connectivity index (χ1) is 16.5. The number of aliphatic imine (C=N–C) groups is 1. The summed E-state index contributed by atoms with van der Waals surface area (Å²) in [7, 11) is 1.65. The normalized spacial score (nSPS) is 11.7. The van der Waals surface area contributed by atoms with Crippen LogP contribution in [0.1, 0.15) is 18.2 Å². The average molecular weight is 470 g/mol. The lowest BCUT2D eigenvalue weighted by atomic mass is 10.1. The molecule has 0 saturated carbocycles. The van der Waals surface area contributed by atoms with E-state index in [1.54, 1.807) is 7.11 Å². The van der Waals surface area contributed by atoms with Crippen LogP contribution in [-0.4, -0.2) is 27.6 Å². The van der Waals surface area contributed by atoms with Gasteiger partial charge in [-0.2, -0.15) is 4.68 Å². The molecule has 8 heteroatoms. The van der Waals surface area contributed by atoms with E-state index in [1.807, 2.05) is 86.6 Å². The number of aromatic nitrogens is 3. The van der Waals surface area contributed by atoms with Crippen LogP contribution in [0, 0.1) is 6.92 Å². The van der Waals surface area contributed by atoms with Crippen molar-refractivity contribution >= 4 is 44.3 Å². The quantitative estimate of drug-likeness (QED) is 0.300. The molecule has 0 unspecified atom stereocenters. The predicted octanol–water partition coefficient (Wildman–Crippen LogP) is 5.98. The van der Waals surface area contributed by atoms with Crippen molar-refractivity contribution in [2.45, 2.75) is 13.8 Å². The summed E-state index contributed by atoms with van der Waals surface area (Å²) in [5.74, 6) is 0.813. The number of aromatic amines is 1. The second kappa shape index (κ2) is 8.99. The van der Waals surface area contributed by atoms with Gasteiger partial charge in [-0.3, -0.25) is 14.9 Å². The second-order valence-corrected chi connectivity index (χ2v) is 8.82. The molecule has 0 fully saturated rings. The number of methoxy groups -OCH3 is 1. The monoisotopic (exact) mass is 469 g/mol. The van der Waals surface area contributed by atoms with Crippen LogP contribution in [0.4, 0.5) is 17.1 Å². The molecule has 2 aromatic heterocycles. The number of anilines is 2. The molecule has 2 N–H and O–H groups in total. The number of nitrogens with zero attached hydrogens (tertiary/aromatic N) is 3. The molecule has 0 atom stereocenters. The lowest BCUT2D eigenvalue weighted by molar-refractivity contribution is 0.415. The average Bonchev–Trinajstić information content (AvgIpc) is 3.41. The molecule has 2 heterocycles. The molecular formula is C26H23N5O2S. The molecule has 0 aliphatic heterocycles. The van der Waals surface area contributed by atoms with E-state index in [2.05, 4.69) is 15.4 Å². The summed E-state index contributed by atoms with van der Waals surface area (Å²) >= 11 is 1.47. The lowest BCUT2D eigenvalue weighted by Gasteiger charge is -2.08. The van der Waals surface area contributed by atoms with Gasteiger partial charge in [-0.05, 0) is 74.5 Å². The van der Waals surface area contributed by atoms with E-state index in [9.17, 15) is 4.79 Å². The van der Waals surface area contributed by atoms with E-state index in [1.165, 1.54) is 16.0 Å². The fourth-order valence-electron chi connectivity index (χ4n) is 3.77. The van der Waals surface area contributed by atoms with Gasteiger partial charge in [0.1, 0.15) is 5.75 Å². The Bertz CT molecular complexity index is 1510. The van der Waals surface area contributed by atoms with Crippen molar-refractivity contribution < 1.29 is 4.74 Å². The summed E-state index contributed by atoms with van der Waals surface area (Å²) in [5, 5.41) is 7.12. The number of nitrogens with one attached hydrogen (secondary N) is 2. The molecule has 0 radical (unpaired) electrons. The van der Waals surface area contributed by atoms with Crippen LogP contribution in [0.5, 0.6) is 5.75 Å². The van der Waals surface area contributed by atoms with E-state index in [-0.39, 0.29) is 5.56 Å². The van der Waals surface area contributed by atoms with Crippen molar-refractivity contribution in [3.63, 3.8) is 0 Å². The summed E-state index contributed by atoms with van der Waals surface area (Å²) in [6.07, 6.45) is 0. The Labute approximate surface area is 200 Å². The van der Waals surface area contributed by atoms with Gasteiger partial charge in [-0.1, -0.05) is 23.5 Å². The van der Waals surface area contributed by atoms with Crippen molar-refractivity contribution in [1.29, 1.82) is 0 Å². The smallest absolute Gasteiger partial charge is 0.282 e. The zero-order valence-corrected chi connectivity index (χ0v) is 19.8. The first-order valence-corrected chi connectivity index (χ1v) is 11.6. The number of aryl methyl sites for hydroxylation is 1. The van der Waals surface area contributed by atoms with Gasteiger partial charge in [0.05, 0.1) is 34.3 Å². The van der Waals surface area contributed by atoms with E-state index in [0.29, 0.717) is 16.4 Å². The third-order valence-electron chi connectivity index (χ3n) is 5.45. The van der Waals surface area contributed by atoms with Gasteiger partial charge in [0.2, 0.25) is 5.13 Å². The van der Waals surface area contributed by atoms with Gasteiger partial charge in [-0.15, -0.1) is 0 Å². The number of hydrogen-bond donors (Lipinski definition) is 2. The van der Waals surface area contributed by atoms with E-state index < -0.39 is 0 Å². The lowest BCUT2D eigenvalue weighted by Crippen LogP contribution is -2.19. The summed E-state index contributed by atoms with van der Waals surface area (Å²) < 4.78 is 7.72. The largest absolute Gasteiger partial charge is 0.497 e. The fourth-order valence-corrected chi connectivity index (χ4v) is 4.70. The van der Waals surface area contributed by atoms with E-state index in [0.717, 1.165) is 38.7 Å². The van der Waals surface area contributed by atoms with Crippen molar-refractivity contribution in [3.8, 4) is 10.9 Å². The second-order valence-electron chi connectivity index (χ2n) is 7.81. The molecule has 0 aliphatic carbocycles. The van der Waals surface area contributed by atoms with Gasteiger partial charge in [0, 0.05) is 17.1 Å². The summed E-state index contributed by atoms with van der Waals surface area (Å²) in [6, 6.07) is 23.3. The standard InChI is InChI=1S/C26H23N5O2S/c1-16(27-18-8-10-19(11-9-18)28-20-12-14-21(33-3)15-13-20)24-17(2)30-31(25(24)32)26-29-22-6-4-5-7-23(22)34-26/h4-15,28,30H,1-3H3. The number of thiazole rings is 1. The Morgan fingerprint density at radius 1 is 1.03 bits per heavy atom. The third kappa shape index (κ3) is 4.23. The summed E-state index contributed by atoms with van der Waals surface area (Å²) in [5.41, 5.74) is 5.35. The van der Waals surface area contributed by atoms with Crippen LogP contribution < -0.4 is 15.6 Å². The van der Waals surface area contributed by atoms with Crippen LogP contribution in [-0.2, 0) is 0 Å². The first kappa shape index (κ1) is 21.7. The molecule has 5 aromatic rings. The number of hydrogen-bond acceptors (Lipinski definition) is 6. The minimum Gasteiger partial charge on any atom is -0.497 e. The van der Waals surface area contributed by atoms with Crippen LogP contribution in [0.2, 0.25) is 0 Å². The van der Waals surface area contributed by atoms with Gasteiger partial charge in [-0.25, -0.2) is 4.98 Å². The fraction of sp³-hybridized carbons (Fsp3) is 0.115. The molecule has 0 saturated heterocycles. The van der Waals surface area contributed by atoms with E-state index in [4.69, 9.17) is 9.73 Å². The third-order valence-corrected chi connectivity index (χ3v) is 6.47. The van der Waals surface area contributed by atoms with Crippen molar-refractivity contribution in [1.82, 2.24) is 14.8 Å². The molecule has 5 rings (SSSR count). The zero-order chi connectivity index (χ0) is 23.7. The predicted molar refractivity (Wildman–Crippen MR) is 139 cm³/mol.